The summed E-state index contributed by atoms with van der Waals surface area (Å²) < 4.78 is 21.6. The van der Waals surface area contributed by atoms with E-state index < -0.39 is 5.97 Å². The van der Waals surface area contributed by atoms with E-state index in [1.165, 1.54) is 6.08 Å². The molecule has 194 valence electrons. The number of carbonyl (C=O) groups excluding carboxylic acids is 2. The molecule has 0 aliphatic heterocycles. The third-order valence-corrected chi connectivity index (χ3v) is 5.47. The summed E-state index contributed by atoms with van der Waals surface area (Å²) in [5, 5.41) is 0. The molecule has 0 fully saturated rings. The number of hydrogen-bond donors (Lipinski definition) is 0. The molecule has 2 aromatic carbocycles. The average Bonchev–Trinajstić information content (AvgIpc) is 2.93. The van der Waals surface area contributed by atoms with Crippen LogP contribution in [0.3, 0.4) is 0 Å². The summed E-state index contributed by atoms with van der Waals surface area (Å²) in [6.45, 7) is 6.92. The standard InChI is InChI=1S/C30H33NO6/c1-3-29(32)36-21-9-7-5-6-8-20-35-25-14-12-24(13-15-25)30(33)37-26-16-10-23(11-17-26)28-19-18-27(22-31-28)34-4-2/h3,10-19,22H,1,4-9,20-21H2,2H3. The number of nitrogens with zero attached hydrogens (tertiary/aromatic N) is 1. The Kier molecular flexibility index (Phi) is 11.2. The van der Waals surface area contributed by atoms with Crippen molar-refractivity contribution in [3.05, 3.63) is 85.1 Å². The highest BCUT2D eigenvalue weighted by Gasteiger charge is 2.10. The summed E-state index contributed by atoms with van der Waals surface area (Å²) in [6, 6.07) is 17.9. The summed E-state index contributed by atoms with van der Waals surface area (Å²) in [5.41, 5.74) is 2.17. The zero-order valence-corrected chi connectivity index (χ0v) is 21.2. The van der Waals surface area contributed by atoms with Gasteiger partial charge in [-0.3, -0.25) is 4.98 Å². The third-order valence-electron chi connectivity index (χ3n) is 5.47. The molecule has 0 saturated heterocycles. The van der Waals surface area contributed by atoms with Gasteiger partial charge in [-0.2, -0.15) is 0 Å². The van der Waals surface area contributed by atoms with Gasteiger partial charge in [-0.1, -0.05) is 25.8 Å². The smallest absolute Gasteiger partial charge is 0.343 e. The molecular formula is C30H33NO6. The minimum atomic E-state index is -0.433. The lowest BCUT2D eigenvalue weighted by atomic mass is 10.1. The maximum Gasteiger partial charge on any atom is 0.343 e. The van der Waals surface area contributed by atoms with Crippen molar-refractivity contribution in [1.29, 1.82) is 0 Å². The van der Waals surface area contributed by atoms with Crippen molar-refractivity contribution < 1.29 is 28.5 Å². The van der Waals surface area contributed by atoms with E-state index in [0.717, 1.165) is 49.1 Å². The Balaban J connectivity index is 1.36. The van der Waals surface area contributed by atoms with Crippen LogP contribution in [0.5, 0.6) is 17.2 Å². The van der Waals surface area contributed by atoms with E-state index in [-0.39, 0.29) is 5.97 Å². The highest BCUT2D eigenvalue weighted by atomic mass is 16.5. The Morgan fingerprint density at radius 2 is 1.43 bits per heavy atom. The van der Waals surface area contributed by atoms with Gasteiger partial charge in [-0.25, -0.2) is 9.59 Å². The molecule has 0 bridgehead atoms. The molecule has 0 spiro atoms. The molecule has 3 aromatic rings. The summed E-state index contributed by atoms with van der Waals surface area (Å²) in [6.07, 6.45) is 7.73. The first kappa shape index (κ1) is 27.5. The zero-order valence-electron chi connectivity index (χ0n) is 21.2. The van der Waals surface area contributed by atoms with Gasteiger partial charge in [0.2, 0.25) is 0 Å². The Labute approximate surface area is 218 Å². The van der Waals surface area contributed by atoms with E-state index in [0.29, 0.717) is 36.9 Å². The lowest BCUT2D eigenvalue weighted by Crippen LogP contribution is -2.08. The van der Waals surface area contributed by atoms with Crippen LogP contribution < -0.4 is 14.2 Å². The first-order valence-electron chi connectivity index (χ1n) is 12.5. The molecule has 0 aliphatic carbocycles. The molecule has 37 heavy (non-hydrogen) atoms. The van der Waals surface area contributed by atoms with E-state index in [2.05, 4.69) is 11.6 Å². The van der Waals surface area contributed by atoms with E-state index in [1.807, 2.05) is 31.2 Å². The molecule has 0 radical (unpaired) electrons. The second-order valence-electron chi connectivity index (χ2n) is 8.24. The fourth-order valence-electron chi connectivity index (χ4n) is 3.51. The van der Waals surface area contributed by atoms with Crippen molar-refractivity contribution in [2.75, 3.05) is 19.8 Å². The summed E-state index contributed by atoms with van der Waals surface area (Å²) in [4.78, 5) is 27.9. The molecule has 0 N–H and O–H groups in total. The van der Waals surface area contributed by atoms with Gasteiger partial charge < -0.3 is 18.9 Å². The maximum atomic E-state index is 12.5. The Morgan fingerprint density at radius 3 is 2.08 bits per heavy atom. The predicted molar refractivity (Wildman–Crippen MR) is 142 cm³/mol. The average molecular weight is 504 g/mol. The Morgan fingerprint density at radius 1 is 0.784 bits per heavy atom. The van der Waals surface area contributed by atoms with Gasteiger partial charge in [0, 0.05) is 11.6 Å². The quantitative estimate of drug-likeness (QED) is 0.102. The molecule has 0 atom stereocenters. The predicted octanol–water partition coefficient (Wildman–Crippen LogP) is 6.43. The molecule has 0 unspecified atom stereocenters. The number of rotatable bonds is 15. The normalized spacial score (nSPS) is 10.4. The number of esters is 2. The molecule has 1 heterocycles. The van der Waals surface area contributed by atoms with Crippen molar-refractivity contribution in [2.45, 2.75) is 39.0 Å². The van der Waals surface area contributed by atoms with Crippen LogP contribution in [-0.4, -0.2) is 36.7 Å². The highest BCUT2D eigenvalue weighted by molar-refractivity contribution is 5.91. The SMILES string of the molecule is C=CC(=O)OCCCCCCCOc1ccc(C(=O)Oc2ccc(-c3ccc(OCC)cn3)cc2)cc1. The Bertz CT molecular complexity index is 1120. The van der Waals surface area contributed by atoms with Crippen LogP contribution in [0.2, 0.25) is 0 Å². The second kappa shape index (κ2) is 15.1. The van der Waals surface area contributed by atoms with E-state index in [1.54, 1.807) is 42.6 Å². The van der Waals surface area contributed by atoms with Gasteiger partial charge in [0.25, 0.3) is 0 Å². The van der Waals surface area contributed by atoms with Crippen molar-refractivity contribution in [3.63, 3.8) is 0 Å². The van der Waals surface area contributed by atoms with Crippen LogP contribution in [0.25, 0.3) is 11.3 Å². The molecule has 0 amide bonds. The van der Waals surface area contributed by atoms with Crippen LogP contribution in [0.4, 0.5) is 0 Å². The van der Waals surface area contributed by atoms with Crippen LogP contribution in [0.1, 0.15) is 49.4 Å². The first-order valence-corrected chi connectivity index (χ1v) is 12.5. The lowest BCUT2D eigenvalue weighted by Gasteiger charge is -2.08. The van der Waals surface area contributed by atoms with Crippen LogP contribution in [0, 0.1) is 0 Å². The molecule has 0 saturated carbocycles. The van der Waals surface area contributed by atoms with Crippen molar-refractivity contribution in [1.82, 2.24) is 4.98 Å². The number of aromatic nitrogens is 1. The molecule has 7 heteroatoms. The van der Waals surface area contributed by atoms with Crippen molar-refractivity contribution in [3.8, 4) is 28.5 Å². The highest BCUT2D eigenvalue weighted by Crippen LogP contribution is 2.23. The third kappa shape index (κ3) is 9.44. The fraction of sp³-hybridized carbons (Fsp3) is 0.300. The van der Waals surface area contributed by atoms with Gasteiger partial charge in [0.1, 0.15) is 17.2 Å². The largest absolute Gasteiger partial charge is 0.494 e. The molecular weight excluding hydrogens is 470 g/mol. The van der Waals surface area contributed by atoms with Crippen molar-refractivity contribution in [2.24, 2.45) is 0 Å². The first-order chi connectivity index (χ1) is 18.1. The Hall–Kier alpha value is -4.13. The summed E-state index contributed by atoms with van der Waals surface area (Å²) >= 11 is 0. The number of hydrogen-bond acceptors (Lipinski definition) is 7. The number of ether oxygens (including phenoxy) is 4. The minimum absolute atomic E-state index is 0.375. The van der Waals surface area contributed by atoms with E-state index in [4.69, 9.17) is 18.9 Å². The molecule has 3 rings (SSSR count). The van der Waals surface area contributed by atoms with Gasteiger partial charge in [0.15, 0.2) is 0 Å². The number of benzene rings is 2. The van der Waals surface area contributed by atoms with Gasteiger partial charge in [-0.05, 0) is 80.4 Å². The molecule has 7 nitrogen and oxygen atoms in total. The maximum absolute atomic E-state index is 12.5. The van der Waals surface area contributed by atoms with Crippen LogP contribution >= 0.6 is 0 Å². The summed E-state index contributed by atoms with van der Waals surface area (Å²) in [5.74, 6) is 1.09. The topological polar surface area (TPSA) is 84.0 Å². The number of unbranched alkanes of at least 4 members (excludes halogenated alkanes) is 4. The van der Waals surface area contributed by atoms with E-state index >= 15 is 0 Å². The van der Waals surface area contributed by atoms with Crippen molar-refractivity contribution >= 4 is 11.9 Å². The molecule has 1 aromatic heterocycles. The van der Waals surface area contributed by atoms with Crippen LogP contribution in [0.15, 0.2) is 79.5 Å². The van der Waals surface area contributed by atoms with Gasteiger partial charge in [-0.15, -0.1) is 0 Å². The van der Waals surface area contributed by atoms with Gasteiger partial charge in [0.05, 0.1) is 37.3 Å². The summed E-state index contributed by atoms with van der Waals surface area (Å²) in [7, 11) is 0. The monoisotopic (exact) mass is 503 g/mol. The number of pyridine rings is 1. The molecule has 0 aliphatic rings. The minimum Gasteiger partial charge on any atom is -0.494 e. The van der Waals surface area contributed by atoms with Gasteiger partial charge >= 0.3 is 11.9 Å². The zero-order chi connectivity index (χ0) is 26.3. The second-order valence-corrected chi connectivity index (χ2v) is 8.24. The van der Waals surface area contributed by atoms with Crippen LogP contribution in [-0.2, 0) is 9.53 Å². The lowest BCUT2D eigenvalue weighted by molar-refractivity contribution is -0.137. The fourth-order valence-corrected chi connectivity index (χ4v) is 3.51. The number of carbonyl (C=O) groups is 2. The van der Waals surface area contributed by atoms with E-state index in [9.17, 15) is 9.59 Å².